The lowest BCUT2D eigenvalue weighted by Crippen LogP contribution is -2.41. The number of amides is 1. The average Bonchev–Trinajstić information content (AvgIpc) is 3.29. The second-order valence-corrected chi connectivity index (χ2v) is 14.8. The maximum atomic E-state index is 13.8. The highest BCUT2D eigenvalue weighted by atomic mass is 32.2. The van der Waals surface area contributed by atoms with Gasteiger partial charge < -0.3 is 15.5 Å². The van der Waals surface area contributed by atoms with E-state index in [4.69, 9.17) is 0 Å². The van der Waals surface area contributed by atoms with Crippen LogP contribution in [0.5, 0.6) is 0 Å². The minimum Gasteiger partial charge on any atom is -0.392 e. The van der Waals surface area contributed by atoms with Gasteiger partial charge in [-0.15, -0.1) is 0 Å². The highest BCUT2D eigenvalue weighted by Crippen LogP contribution is 2.35. The molecule has 0 fully saturated rings. The second-order valence-electron chi connectivity index (χ2n) is 13.1. The molecule has 0 unspecified atom stereocenters. The van der Waals surface area contributed by atoms with E-state index in [0.29, 0.717) is 12.8 Å². The summed E-state index contributed by atoms with van der Waals surface area (Å²) in [5, 5.41) is 24.9. The number of sulfonamides is 1. The highest BCUT2D eigenvalue weighted by molar-refractivity contribution is 7.89. The first-order valence-corrected chi connectivity index (χ1v) is 17.2. The third-order valence-electron chi connectivity index (χ3n) is 8.61. The predicted molar refractivity (Wildman–Crippen MR) is 175 cm³/mol. The van der Waals surface area contributed by atoms with Crippen molar-refractivity contribution < 1.29 is 23.4 Å². The van der Waals surface area contributed by atoms with Crippen LogP contribution in [0.3, 0.4) is 0 Å². The molecular weight excluding hydrogens is 572 g/mol. The lowest BCUT2D eigenvalue weighted by molar-refractivity contribution is -0.127. The van der Waals surface area contributed by atoms with Crippen molar-refractivity contribution in [2.75, 3.05) is 6.54 Å². The van der Waals surface area contributed by atoms with Crippen LogP contribution < -0.4 is 10.0 Å². The third-order valence-corrected chi connectivity index (χ3v) is 10.2. The average molecular weight is 621 g/mol. The number of carbonyl (C=O) groups is 1. The Labute approximate surface area is 263 Å². The first-order valence-electron chi connectivity index (χ1n) is 15.7. The fourth-order valence-corrected chi connectivity index (χ4v) is 7.86. The zero-order valence-corrected chi connectivity index (χ0v) is 27.6. The maximum absolute atomic E-state index is 13.8. The van der Waals surface area contributed by atoms with Crippen molar-refractivity contribution in [1.29, 1.82) is 0 Å². The van der Waals surface area contributed by atoms with Gasteiger partial charge in [0.2, 0.25) is 15.9 Å². The minimum absolute atomic E-state index is 0.0160. The van der Waals surface area contributed by atoms with E-state index in [1.54, 1.807) is 0 Å². The minimum atomic E-state index is -3.97. The molecule has 3 aromatic carbocycles. The van der Waals surface area contributed by atoms with Crippen LogP contribution in [0, 0.1) is 5.92 Å². The molecule has 3 aromatic rings. The zero-order chi connectivity index (χ0) is 32.2. The predicted octanol–water partition coefficient (Wildman–Crippen LogP) is 5.72. The normalized spacial score (nSPS) is 18.1. The number of carbonyl (C=O) groups excluding carboxylic acids is 1. The number of aliphatic hydroxyl groups is 2. The summed E-state index contributed by atoms with van der Waals surface area (Å²) >= 11 is 0. The largest absolute Gasteiger partial charge is 0.392 e. The summed E-state index contributed by atoms with van der Waals surface area (Å²) < 4.78 is 30.3. The van der Waals surface area contributed by atoms with Crippen molar-refractivity contribution in [3.05, 3.63) is 100 Å². The summed E-state index contributed by atoms with van der Waals surface area (Å²) in [6, 6.07) is 20.7. The van der Waals surface area contributed by atoms with Gasteiger partial charge in [0.15, 0.2) is 0 Å². The summed E-state index contributed by atoms with van der Waals surface area (Å²) in [4.78, 5) is 14.0. The van der Waals surface area contributed by atoms with Crippen molar-refractivity contribution in [3.63, 3.8) is 0 Å². The molecule has 8 heteroatoms. The third kappa shape index (κ3) is 7.96. The molecule has 0 saturated carbocycles. The molecule has 238 valence electrons. The van der Waals surface area contributed by atoms with Gasteiger partial charge in [0.05, 0.1) is 23.1 Å². The number of benzene rings is 3. The van der Waals surface area contributed by atoms with Crippen LogP contribution in [-0.2, 0) is 27.7 Å². The number of rotatable bonds is 13. The lowest BCUT2D eigenvalue weighted by Gasteiger charge is -2.25. The molecule has 1 aliphatic rings. The van der Waals surface area contributed by atoms with E-state index in [0.717, 1.165) is 33.4 Å². The Balaban J connectivity index is 1.54. The van der Waals surface area contributed by atoms with Gasteiger partial charge in [0, 0.05) is 18.9 Å². The SMILES string of the molecule is CC(C)c1cc(C(C)C)c(S(=O)(=O)NC[C@@H](O)C[C@@H](Cc2ccccc2)C(=O)N[C@H]2c3ccccc3C[C@H]2O)c(C(C)C)c1. The molecule has 0 bridgehead atoms. The summed E-state index contributed by atoms with van der Waals surface area (Å²) in [6.07, 6.45) is -0.965. The van der Waals surface area contributed by atoms with Crippen LogP contribution in [-0.4, -0.2) is 43.3 Å². The molecule has 7 nitrogen and oxygen atoms in total. The topological polar surface area (TPSA) is 116 Å². The van der Waals surface area contributed by atoms with Gasteiger partial charge in [-0.1, -0.05) is 108 Å². The van der Waals surface area contributed by atoms with Crippen LogP contribution in [0.4, 0.5) is 0 Å². The van der Waals surface area contributed by atoms with Crippen LogP contribution in [0.15, 0.2) is 71.6 Å². The molecule has 4 atom stereocenters. The Kier molecular flexibility index (Phi) is 11.1. The Morgan fingerprint density at radius 1 is 0.886 bits per heavy atom. The fourth-order valence-electron chi connectivity index (χ4n) is 6.09. The summed E-state index contributed by atoms with van der Waals surface area (Å²) in [7, 11) is -3.97. The van der Waals surface area contributed by atoms with E-state index in [2.05, 4.69) is 23.9 Å². The van der Waals surface area contributed by atoms with E-state index < -0.39 is 34.2 Å². The van der Waals surface area contributed by atoms with Crippen molar-refractivity contribution >= 4 is 15.9 Å². The first kappa shape index (κ1) is 33.8. The molecule has 4 rings (SSSR count). The monoisotopic (exact) mass is 620 g/mol. The van der Waals surface area contributed by atoms with Crippen molar-refractivity contribution in [2.45, 2.75) is 102 Å². The van der Waals surface area contributed by atoms with E-state index in [-0.39, 0.29) is 41.5 Å². The number of hydrogen-bond acceptors (Lipinski definition) is 5. The van der Waals surface area contributed by atoms with Crippen LogP contribution in [0.2, 0.25) is 0 Å². The second kappa shape index (κ2) is 14.4. The molecule has 1 aliphatic carbocycles. The number of fused-ring (bicyclic) bond motifs is 1. The fraction of sp³-hybridized carbons (Fsp3) is 0.472. The van der Waals surface area contributed by atoms with E-state index >= 15 is 0 Å². The smallest absolute Gasteiger partial charge is 0.241 e. The number of hydrogen-bond donors (Lipinski definition) is 4. The van der Waals surface area contributed by atoms with Crippen molar-refractivity contribution in [3.8, 4) is 0 Å². The van der Waals surface area contributed by atoms with E-state index in [1.165, 1.54) is 0 Å². The summed E-state index contributed by atoms with van der Waals surface area (Å²) in [5.74, 6) is -0.705. The van der Waals surface area contributed by atoms with Crippen molar-refractivity contribution in [1.82, 2.24) is 10.0 Å². The van der Waals surface area contributed by atoms with Gasteiger partial charge in [0.1, 0.15) is 0 Å². The molecule has 0 heterocycles. The van der Waals surface area contributed by atoms with Crippen LogP contribution in [0.25, 0.3) is 0 Å². The Morgan fingerprint density at radius 2 is 1.48 bits per heavy atom. The zero-order valence-electron chi connectivity index (χ0n) is 26.7. The summed E-state index contributed by atoms with van der Waals surface area (Å²) in [6.45, 7) is 11.9. The molecule has 0 saturated heterocycles. The van der Waals surface area contributed by atoms with E-state index in [9.17, 15) is 23.4 Å². The standard InChI is InChI=1S/C36H48N2O5S/c1-22(2)27-18-31(23(3)4)35(32(19-27)24(5)6)44(42,43)37-21-29(39)17-28(16-25-12-8-7-9-13-25)36(41)38-34-30-15-11-10-14-26(30)20-33(34)40/h7-15,18-19,22-24,28-29,33-34,37,39-40H,16-17,20-21H2,1-6H3,(H,38,41)/t28-,29+,33-,34+/m1/s1. The molecule has 0 aliphatic heterocycles. The molecule has 4 N–H and O–H groups in total. The molecule has 0 aromatic heterocycles. The van der Waals surface area contributed by atoms with Gasteiger partial charge in [-0.05, 0) is 64.0 Å². The molecule has 1 amide bonds. The quantitative estimate of drug-likeness (QED) is 0.195. The van der Waals surface area contributed by atoms with E-state index in [1.807, 2.05) is 94.4 Å². The highest BCUT2D eigenvalue weighted by Gasteiger charge is 2.34. The Bertz CT molecular complexity index is 1510. The first-order chi connectivity index (χ1) is 20.8. The van der Waals surface area contributed by atoms with Gasteiger partial charge in [-0.3, -0.25) is 4.79 Å². The Hall–Kier alpha value is -3.04. The number of nitrogens with one attached hydrogen (secondary N) is 2. The van der Waals surface area contributed by atoms with Gasteiger partial charge >= 0.3 is 0 Å². The molecular formula is C36H48N2O5S. The lowest BCUT2D eigenvalue weighted by atomic mass is 9.89. The summed E-state index contributed by atoms with van der Waals surface area (Å²) in [5.41, 5.74) is 5.45. The Morgan fingerprint density at radius 3 is 2.07 bits per heavy atom. The van der Waals surface area contributed by atoms with Crippen LogP contribution in [0.1, 0.15) is 105 Å². The van der Waals surface area contributed by atoms with Crippen molar-refractivity contribution in [2.24, 2.45) is 5.92 Å². The molecule has 44 heavy (non-hydrogen) atoms. The van der Waals surface area contributed by atoms with Gasteiger partial charge in [0.25, 0.3) is 0 Å². The molecule has 0 radical (unpaired) electrons. The maximum Gasteiger partial charge on any atom is 0.241 e. The molecule has 0 spiro atoms. The number of aliphatic hydroxyl groups excluding tert-OH is 2. The van der Waals surface area contributed by atoms with Gasteiger partial charge in [-0.2, -0.15) is 0 Å². The van der Waals surface area contributed by atoms with Crippen LogP contribution >= 0.6 is 0 Å². The van der Waals surface area contributed by atoms with Gasteiger partial charge in [-0.25, -0.2) is 13.1 Å².